The molecule has 4 heteroatoms. The molecule has 0 N–H and O–H groups in total. The fraction of sp³-hybridized carbons (Fsp3) is 0. The van der Waals surface area contributed by atoms with Crippen molar-refractivity contribution in [3.8, 4) is 34.1 Å². The molecule has 0 saturated carbocycles. The Morgan fingerprint density at radius 2 is 0.833 bits per heavy atom. The van der Waals surface area contributed by atoms with Crippen molar-refractivity contribution in [2.24, 2.45) is 0 Å². The number of hydrogen-bond acceptors (Lipinski definition) is 4. The van der Waals surface area contributed by atoms with Crippen LogP contribution < -0.4 is 9.47 Å². The molecule has 170 valence electrons. The predicted octanol–water partition coefficient (Wildman–Crippen LogP) is 9.61. The van der Waals surface area contributed by atoms with E-state index in [-0.39, 0.29) is 0 Å². The summed E-state index contributed by atoms with van der Waals surface area (Å²) in [6, 6.07) is 35.7. The minimum atomic E-state index is 0.730. The third kappa shape index (κ3) is 2.88. The van der Waals surface area contributed by atoms with Gasteiger partial charge in [-0.3, -0.25) is 0 Å². The van der Waals surface area contributed by atoms with E-state index in [9.17, 15) is 0 Å². The van der Waals surface area contributed by atoms with E-state index >= 15 is 0 Å². The van der Waals surface area contributed by atoms with Crippen molar-refractivity contribution in [2.75, 3.05) is 0 Å². The molecule has 4 nitrogen and oxygen atoms in total. The summed E-state index contributed by atoms with van der Waals surface area (Å²) in [5, 5.41) is 4.14. The van der Waals surface area contributed by atoms with Crippen LogP contribution in [0.1, 0.15) is 0 Å². The zero-order valence-corrected chi connectivity index (χ0v) is 19.0. The maximum Gasteiger partial charge on any atom is 0.139 e. The van der Waals surface area contributed by atoms with Gasteiger partial charge in [-0.05, 0) is 59.3 Å². The fourth-order valence-corrected chi connectivity index (χ4v) is 5.19. The summed E-state index contributed by atoms with van der Waals surface area (Å²) in [6.45, 7) is 0. The lowest BCUT2D eigenvalue weighted by molar-refractivity contribution is 0.482. The molecule has 0 amide bonds. The van der Waals surface area contributed by atoms with E-state index in [4.69, 9.17) is 18.3 Å². The summed E-state index contributed by atoms with van der Waals surface area (Å²) in [4.78, 5) is 0. The molecular weight excluding hydrogens is 448 g/mol. The topological polar surface area (TPSA) is 44.7 Å². The van der Waals surface area contributed by atoms with Crippen LogP contribution >= 0.6 is 0 Å². The Balaban J connectivity index is 1.37. The largest absolute Gasteiger partial charge is 0.457 e. The molecule has 2 aliphatic heterocycles. The van der Waals surface area contributed by atoms with Crippen LogP contribution in [0.4, 0.5) is 0 Å². The highest BCUT2D eigenvalue weighted by atomic mass is 16.5. The molecule has 2 aliphatic rings. The zero-order chi connectivity index (χ0) is 23.6. The van der Waals surface area contributed by atoms with Crippen LogP contribution in [-0.4, -0.2) is 0 Å². The summed E-state index contributed by atoms with van der Waals surface area (Å²) in [5.74, 6) is 3.03. The van der Waals surface area contributed by atoms with Gasteiger partial charge in [-0.15, -0.1) is 0 Å². The zero-order valence-electron chi connectivity index (χ0n) is 19.0. The van der Waals surface area contributed by atoms with Crippen LogP contribution in [0.3, 0.4) is 0 Å². The molecule has 0 bridgehead atoms. The van der Waals surface area contributed by atoms with Crippen molar-refractivity contribution in [1.29, 1.82) is 0 Å². The van der Waals surface area contributed by atoms with Gasteiger partial charge in [0.05, 0.1) is 0 Å². The predicted molar refractivity (Wildman–Crippen MR) is 142 cm³/mol. The number of benzene rings is 6. The standard InChI is InChI=1S/C32H18O4/c1-3-7-21(8-4-1)33-23-15-19-11-13-26-31-29(19)27(17-23)35-25-14-12-20-16-24(34-22-9-5-2-6-10-22)18-28(36-26)30(20)32(25)31/h1-18H. The van der Waals surface area contributed by atoms with Crippen LogP contribution in [0.5, 0.6) is 23.0 Å². The Bertz CT molecular complexity index is 1830. The summed E-state index contributed by atoms with van der Waals surface area (Å²) in [5.41, 5.74) is 5.26. The van der Waals surface area contributed by atoms with Gasteiger partial charge in [0.2, 0.25) is 0 Å². The molecule has 0 aliphatic carbocycles. The van der Waals surface area contributed by atoms with E-state index in [2.05, 4.69) is 12.1 Å². The molecule has 8 rings (SSSR count). The van der Waals surface area contributed by atoms with E-state index in [0.717, 1.165) is 78.0 Å². The van der Waals surface area contributed by atoms with Crippen molar-refractivity contribution in [3.63, 3.8) is 0 Å². The highest BCUT2D eigenvalue weighted by molar-refractivity contribution is 6.23. The van der Waals surface area contributed by atoms with Gasteiger partial charge in [0, 0.05) is 34.0 Å². The first kappa shape index (κ1) is 19.4. The minimum absolute atomic E-state index is 0.730. The highest BCUT2D eigenvalue weighted by Gasteiger charge is 2.25. The van der Waals surface area contributed by atoms with Gasteiger partial charge in [-0.1, -0.05) is 48.5 Å². The first-order valence-electron chi connectivity index (χ1n) is 11.8. The summed E-state index contributed by atoms with van der Waals surface area (Å²) >= 11 is 0. The van der Waals surface area contributed by atoms with Crippen LogP contribution in [-0.2, 0) is 0 Å². The molecule has 6 aromatic rings. The summed E-state index contributed by atoms with van der Waals surface area (Å²) < 4.78 is 25.2. The molecule has 0 unspecified atom stereocenters. The number of ether oxygens (including phenoxy) is 2. The lowest BCUT2D eigenvalue weighted by atomic mass is 9.90. The quantitative estimate of drug-likeness (QED) is 0.191. The normalized spacial score (nSPS) is 11.9. The molecule has 0 fully saturated rings. The first-order valence-corrected chi connectivity index (χ1v) is 11.8. The Kier molecular flexibility index (Phi) is 3.91. The van der Waals surface area contributed by atoms with Crippen LogP contribution in [0.2, 0.25) is 0 Å². The second kappa shape index (κ2) is 7.27. The second-order valence-corrected chi connectivity index (χ2v) is 8.95. The fourth-order valence-electron chi connectivity index (χ4n) is 5.19. The molecule has 36 heavy (non-hydrogen) atoms. The SMILES string of the molecule is c1ccc(Oc2cc3ccc4oc5cc(Oc6ccccc6)cc6ccc7oc(c2)c3c4-c7c65)cc1. The van der Waals surface area contributed by atoms with Crippen molar-refractivity contribution in [1.82, 2.24) is 0 Å². The maximum absolute atomic E-state index is 6.48. The van der Waals surface area contributed by atoms with Crippen LogP contribution in [0.25, 0.3) is 55.0 Å². The molecule has 0 spiro atoms. The molecule has 2 heterocycles. The van der Waals surface area contributed by atoms with E-state index in [0.29, 0.717) is 0 Å². The minimum Gasteiger partial charge on any atom is -0.457 e. The molecular formula is C32H18O4. The van der Waals surface area contributed by atoms with E-state index < -0.39 is 0 Å². The third-order valence-electron chi connectivity index (χ3n) is 6.68. The smallest absolute Gasteiger partial charge is 0.139 e. The molecule has 0 radical (unpaired) electrons. The van der Waals surface area contributed by atoms with Crippen molar-refractivity contribution in [3.05, 3.63) is 109 Å². The van der Waals surface area contributed by atoms with Crippen LogP contribution in [0, 0.1) is 0 Å². The van der Waals surface area contributed by atoms with Crippen molar-refractivity contribution >= 4 is 43.9 Å². The summed E-state index contributed by atoms with van der Waals surface area (Å²) in [7, 11) is 0. The Labute approximate surface area is 205 Å². The Morgan fingerprint density at radius 3 is 1.28 bits per heavy atom. The lowest BCUT2D eigenvalue weighted by Crippen LogP contribution is -1.95. The van der Waals surface area contributed by atoms with Gasteiger partial charge in [0.1, 0.15) is 45.3 Å². The molecule has 6 aromatic carbocycles. The lowest BCUT2D eigenvalue weighted by Gasteiger charge is -2.20. The maximum atomic E-state index is 6.48. The molecule has 0 aromatic heterocycles. The van der Waals surface area contributed by atoms with Gasteiger partial charge < -0.3 is 18.3 Å². The average molecular weight is 466 g/mol. The van der Waals surface area contributed by atoms with E-state index in [1.807, 2.05) is 97.1 Å². The van der Waals surface area contributed by atoms with Gasteiger partial charge in [-0.2, -0.15) is 0 Å². The van der Waals surface area contributed by atoms with Gasteiger partial charge >= 0.3 is 0 Å². The number of hydrogen-bond donors (Lipinski definition) is 0. The number of rotatable bonds is 4. The average Bonchev–Trinajstić information content (AvgIpc) is 2.91. The highest BCUT2D eigenvalue weighted by Crippen LogP contribution is 2.49. The summed E-state index contributed by atoms with van der Waals surface area (Å²) in [6.07, 6.45) is 0. The molecule has 0 saturated heterocycles. The van der Waals surface area contributed by atoms with Crippen molar-refractivity contribution < 1.29 is 18.3 Å². The van der Waals surface area contributed by atoms with Gasteiger partial charge in [-0.25, -0.2) is 0 Å². The molecule has 0 atom stereocenters. The van der Waals surface area contributed by atoms with Crippen molar-refractivity contribution in [2.45, 2.75) is 0 Å². The van der Waals surface area contributed by atoms with Gasteiger partial charge in [0.25, 0.3) is 0 Å². The first-order chi connectivity index (χ1) is 17.8. The van der Waals surface area contributed by atoms with Gasteiger partial charge in [0.15, 0.2) is 0 Å². The Morgan fingerprint density at radius 1 is 0.389 bits per heavy atom. The van der Waals surface area contributed by atoms with E-state index in [1.165, 1.54) is 0 Å². The second-order valence-electron chi connectivity index (χ2n) is 8.95. The third-order valence-corrected chi connectivity index (χ3v) is 6.68. The van der Waals surface area contributed by atoms with E-state index in [1.54, 1.807) is 0 Å². The van der Waals surface area contributed by atoms with Crippen LogP contribution in [0.15, 0.2) is 118 Å². The number of para-hydroxylation sites is 2. The monoisotopic (exact) mass is 466 g/mol. The Hall–Kier alpha value is -4.96.